The van der Waals surface area contributed by atoms with Gasteiger partial charge in [0.05, 0.1) is 12.1 Å². The van der Waals surface area contributed by atoms with E-state index in [4.69, 9.17) is 0 Å². The summed E-state index contributed by atoms with van der Waals surface area (Å²) < 4.78 is 4.58. The van der Waals surface area contributed by atoms with Gasteiger partial charge in [0.15, 0.2) is 0 Å². The Morgan fingerprint density at radius 3 is 1.80 bits per heavy atom. The first-order valence-electron chi connectivity index (χ1n) is 7.06. The smallest absolute Gasteiger partial charge is 0.246 e. The van der Waals surface area contributed by atoms with E-state index in [0.717, 1.165) is 12.8 Å². The van der Waals surface area contributed by atoms with Gasteiger partial charge in [0.25, 0.3) is 0 Å². The minimum atomic E-state index is -0.202. The monoisotopic (exact) mass is 269 g/mol. The molecule has 2 bridgehead atoms. The first-order chi connectivity index (χ1) is 9.62. The molecule has 0 aromatic carbocycles. The van der Waals surface area contributed by atoms with E-state index in [1.165, 1.54) is 4.57 Å². The summed E-state index contributed by atoms with van der Waals surface area (Å²) in [5.41, 5.74) is -0.434. The lowest BCUT2D eigenvalue weighted by Crippen LogP contribution is -2.64. The number of rotatable bonds is 0. The minimum Gasteiger partial charge on any atom is -0.246 e. The van der Waals surface area contributed by atoms with E-state index in [2.05, 4.69) is 36.5 Å². The van der Waals surface area contributed by atoms with Gasteiger partial charge in [-0.05, 0) is 12.8 Å². The molecule has 0 amide bonds. The topological polar surface area (TPSA) is 48.9 Å². The molecule has 20 heavy (non-hydrogen) atoms. The van der Waals surface area contributed by atoms with E-state index in [9.17, 15) is 9.59 Å². The third-order valence-electron chi connectivity index (χ3n) is 5.88. The van der Waals surface area contributed by atoms with Gasteiger partial charge in [-0.25, -0.2) is 23.5 Å². The van der Waals surface area contributed by atoms with Crippen LogP contribution in [0.15, 0.2) is 46.0 Å². The predicted molar refractivity (Wildman–Crippen MR) is 73.5 cm³/mol. The molecule has 5 heteroatoms. The lowest BCUT2D eigenvalue weighted by atomic mass is 9.43. The zero-order valence-electron chi connectivity index (χ0n) is 11.2. The van der Waals surface area contributed by atoms with E-state index < -0.39 is 0 Å². The highest BCUT2D eigenvalue weighted by molar-refractivity contribution is 5.43. The van der Waals surface area contributed by atoms with Crippen molar-refractivity contribution >= 4 is 0 Å². The van der Waals surface area contributed by atoms with Crippen LogP contribution in [0.2, 0.25) is 0 Å². The highest BCUT2D eigenvalue weighted by Gasteiger charge is 2.67. The maximum absolute atomic E-state index is 12.4. The molecule has 1 aromatic heterocycles. The molecule has 3 heterocycles. The first-order valence-corrected chi connectivity index (χ1v) is 7.06. The maximum Gasteiger partial charge on any atom is 0.347 e. The fourth-order valence-electron chi connectivity index (χ4n) is 4.81. The highest BCUT2D eigenvalue weighted by Crippen LogP contribution is 2.71. The van der Waals surface area contributed by atoms with Crippen molar-refractivity contribution < 1.29 is 0 Å². The van der Waals surface area contributed by atoms with E-state index in [-0.39, 0.29) is 34.3 Å². The normalized spacial score (nSPS) is 42.0. The second-order valence-corrected chi connectivity index (χ2v) is 6.38. The van der Waals surface area contributed by atoms with Crippen LogP contribution in [0.4, 0.5) is 0 Å². The van der Waals surface area contributed by atoms with Crippen LogP contribution in [0.25, 0.3) is 0 Å². The van der Waals surface area contributed by atoms with Crippen LogP contribution in [-0.2, 0) is 7.05 Å². The standard InChI is InChI=1S/C15H15N3O2/c1-16-12(19)17-10-4-5-11(18(17)13(16)20)15-7-3-2-6-14(10,15)8-9-15/h2-5,8-11H,6-7H2,1H3/t10-,11+,14-,15+. The molecule has 0 saturated heterocycles. The van der Waals surface area contributed by atoms with Gasteiger partial charge in [-0.2, -0.15) is 0 Å². The van der Waals surface area contributed by atoms with Crippen molar-refractivity contribution in [2.24, 2.45) is 17.9 Å². The van der Waals surface area contributed by atoms with Gasteiger partial charge in [0, 0.05) is 17.9 Å². The van der Waals surface area contributed by atoms with Crippen LogP contribution >= 0.6 is 0 Å². The van der Waals surface area contributed by atoms with Crippen molar-refractivity contribution in [1.82, 2.24) is 13.9 Å². The average Bonchev–Trinajstić information content (AvgIpc) is 2.67. The van der Waals surface area contributed by atoms with Crippen molar-refractivity contribution in [3.8, 4) is 0 Å². The number of hydrogen-bond acceptors (Lipinski definition) is 2. The van der Waals surface area contributed by atoms with Crippen LogP contribution < -0.4 is 11.4 Å². The van der Waals surface area contributed by atoms with Crippen molar-refractivity contribution in [2.45, 2.75) is 24.9 Å². The molecular weight excluding hydrogens is 254 g/mol. The Morgan fingerprint density at radius 1 is 0.950 bits per heavy atom. The van der Waals surface area contributed by atoms with Gasteiger partial charge >= 0.3 is 11.4 Å². The molecule has 6 rings (SSSR count). The summed E-state index contributed by atoms with van der Waals surface area (Å²) in [6.07, 6.45) is 15.1. The SMILES string of the molecule is Cn1c(=O)n2n(c1=O)[C@@H]1C=C[C@H]2[C@]23C=C[C@]12CC=CC3. The molecule has 4 atom stereocenters. The Morgan fingerprint density at radius 2 is 1.40 bits per heavy atom. The van der Waals surface area contributed by atoms with Crippen LogP contribution in [0, 0.1) is 10.8 Å². The lowest BCUT2D eigenvalue weighted by molar-refractivity contribution is -0.0513. The zero-order valence-corrected chi connectivity index (χ0v) is 11.2. The Labute approximate surface area is 115 Å². The molecule has 0 N–H and O–H groups in total. The second-order valence-electron chi connectivity index (χ2n) is 6.38. The van der Waals surface area contributed by atoms with Crippen molar-refractivity contribution in [3.63, 3.8) is 0 Å². The Balaban J connectivity index is 1.92. The minimum absolute atomic E-state index is 0.0151. The van der Waals surface area contributed by atoms with Crippen molar-refractivity contribution in [3.05, 3.63) is 57.4 Å². The molecule has 5 nitrogen and oxygen atoms in total. The van der Waals surface area contributed by atoms with E-state index in [1.807, 2.05) is 0 Å². The molecule has 3 aliphatic carbocycles. The zero-order chi connectivity index (χ0) is 13.7. The van der Waals surface area contributed by atoms with Crippen LogP contribution in [0.1, 0.15) is 24.9 Å². The second kappa shape index (κ2) is 2.85. The summed E-state index contributed by atoms with van der Waals surface area (Å²) in [6.45, 7) is 0. The van der Waals surface area contributed by atoms with E-state index in [0.29, 0.717) is 0 Å². The molecule has 0 fully saturated rings. The van der Waals surface area contributed by atoms with Gasteiger partial charge < -0.3 is 0 Å². The molecule has 2 aliphatic heterocycles. The van der Waals surface area contributed by atoms with Crippen LogP contribution in [0.5, 0.6) is 0 Å². The van der Waals surface area contributed by atoms with Crippen LogP contribution in [0.3, 0.4) is 0 Å². The first kappa shape index (κ1) is 10.7. The molecule has 1 aromatic rings. The maximum atomic E-state index is 12.4. The molecular formula is C15H15N3O2. The number of nitrogens with zero attached hydrogens (tertiary/aromatic N) is 3. The molecule has 102 valence electrons. The highest BCUT2D eigenvalue weighted by atomic mass is 16.2. The van der Waals surface area contributed by atoms with Crippen molar-refractivity contribution in [2.75, 3.05) is 0 Å². The Kier molecular flexibility index (Phi) is 1.52. The summed E-state index contributed by atoms with van der Waals surface area (Å²) in [6, 6.07) is -0.0762. The van der Waals surface area contributed by atoms with E-state index in [1.54, 1.807) is 16.4 Å². The van der Waals surface area contributed by atoms with Gasteiger partial charge in [0.2, 0.25) is 0 Å². The van der Waals surface area contributed by atoms with Crippen LogP contribution in [-0.4, -0.2) is 13.9 Å². The third kappa shape index (κ3) is 0.773. The molecule has 0 radical (unpaired) electrons. The lowest BCUT2D eigenvalue weighted by Gasteiger charge is -2.65. The summed E-state index contributed by atoms with van der Waals surface area (Å²) in [7, 11) is 1.56. The summed E-state index contributed by atoms with van der Waals surface area (Å²) in [4.78, 5) is 24.8. The predicted octanol–water partition coefficient (Wildman–Crippen LogP) is 0.907. The molecule has 0 unspecified atom stereocenters. The Bertz CT molecular complexity index is 784. The summed E-state index contributed by atoms with van der Waals surface area (Å²) in [5, 5.41) is 0. The molecule has 0 spiro atoms. The van der Waals surface area contributed by atoms with Crippen molar-refractivity contribution in [1.29, 1.82) is 0 Å². The fraction of sp³-hybridized carbons (Fsp3) is 0.467. The number of hydrogen-bond donors (Lipinski definition) is 0. The fourth-order valence-corrected chi connectivity index (χ4v) is 4.81. The third-order valence-corrected chi connectivity index (χ3v) is 5.88. The number of aromatic nitrogens is 3. The van der Waals surface area contributed by atoms with E-state index >= 15 is 0 Å². The summed E-state index contributed by atoms with van der Waals surface area (Å²) >= 11 is 0. The average molecular weight is 269 g/mol. The molecule has 0 saturated carbocycles. The number of allylic oxidation sites excluding steroid dienone is 6. The van der Waals surface area contributed by atoms with Gasteiger partial charge in [-0.1, -0.05) is 36.5 Å². The Hall–Kier alpha value is -2.04. The van der Waals surface area contributed by atoms with Gasteiger partial charge in [-0.15, -0.1) is 0 Å². The quantitative estimate of drug-likeness (QED) is 0.657. The van der Waals surface area contributed by atoms with Gasteiger partial charge in [-0.3, -0.25) is 0 Å². The summed E-state index contributed by atoms with van der Waals surface area (Å²) in [5.74, 6) is 0. The largest absolute Gasteiger partial charge is 0.347 e. The molecule has 5 aliphatic rings. The van der Waals surface area contributed by atoms with Gasteiger partial charge in [0.1, 0.15) is 0 Å².